The first-order valence-corrected chi connectivity index (χ1v) is 16.5. The van der Waals surface area contributed by atoms with Crippen LogP contribution in [0.1, 0.15) is 51.8 Å². The van der Waals surface area contributed by atoms with Gasteiger partial charge in [-0.25, -0.2) is 10.6 Å². The average molecular weight is 742 g/mol. The summed E-state index contributed by atoms with van der Waals surface area (Å²) in [5.41, 5.74) is 2.36. The largest absolute Gasteiger partial charge is 0.490 e. The number of hydrogen-bond acceptors (Lipinski definition) is 10. The van der Waals surface area contributed by atoms with Gasteiger partial charge in [-0.3, -0.25) is 24.4 Å². The molecule has 0 aliphatic heterocycles. The summed E-state index contributed by atoms with van der Waals surface area (Å²) in [6, 6.07) is 18.7. The monoisotopic (exact) mass is 741 g/mol. The van der Waals surface area contributed by atoms with Crippen molar-refractivity contribution in [3.8, 4) is 11.5 Å². The normalized spacial score (nSPS) is 11.5. The number of anilines is 2. The molecule has 0 fully saturated rings. The van der Waals surface area contributed by atoms with Gasteiger partial charge in [-0.05, 0) is 86.7 Å². The molecule has 0 radical (unpaired) electrons. The van der Waals surface area contributed by atoms with E-state index in [1.165, 1.54) is 16.8 Å². The molecule has 4 N–H and O–H groups in total. The van der Waals surface area contributed by atoms with Crippen LogP contribution < -0.4 is 25.6 Å². The number of ether oxygens (including phenoxy) is 3. The van der Waals surface area contributed by atoms with Crippen molar-refractivity contribution in [3.63, 3.8) is 0 Å². The van der Waals surface area contributed by atoms with Crippen molar-refractivity contribution in [1.29, 1.82) is 0 Å². The number of nitrogens with one attached hydrogen (secondary N) is 1. The zero-order chi connectivity index (χ0) is 39.3. The third-order valence-corrected chi connectivity index (χ3v) is 7.18. The molecule has 0 saturated heterocycles. The van der Waals surface area contributed by atoms with Gasteiger partial charge in [-0.2, -0.15) is 13.2 Å². The van der Waals surface area contributed by atoms with Crippen molar-refractivity contribution in [2.24, 2.45) is 5.84 Å². The van der Waals surface area contributed by atoms with E-state index in [2.05, 4.69) is 10.3 Å². The summed E-state index contributed by atoms with van der Waals surface area (Å²) in [5.74, 6) is 3.84. The number of fused-ring (bicyclic) bond motifs is 1. The Morgan fingerprint density at radius 3 is 2.28 bits per heavy atom. The van der Waals surface area contributed by atoms with E-state index >= 15 is 0 Å². The van der Waals surface area contributed by atoms with E-state index in [0.717, 1.165) is 10.8 Å². The third-order valence-electron chi connectivity index (χ3n) is 7.18. The highest BCUT2D eigenvalue weighted by atomic mass is 19.4. The predicted molar refractivity (Wildman–Crippen MR) is 191 cm³/mol. The first-order valence-electron chi connectivity index (χ1n) is 16.5. The van der Waals surface area contributed by atoms with E-state index in [1.807, 2.05) is 51.1 Å². The number of rotatable bonds is 14. The van der Waals surface area contributed by atoms with Crippen LogP contribution in [-0.2, 0) is 30.5 Å². The lowest BCUT2D eigenvalue weighted by atomic mass is 10.0. The molecule has 13 nitrogen and oxygen atoms in total. The van der Waals surface area contributed by atoms with Gasteiger partial charge in [0, 0.05) is 36.9 Å². The van der Waals surface area contributed by atoms with Crippen LogP contribution in [0.25, 0.3) is 10.8 Å². The molecule has 1 heterocycles. The quantitative estimate of drug-likeness (QED) is 0.0783. The molecule has 0 aliphatic carbocycles. The van der Waals surface area contributed by atoms with Crippen LogP contribution >= 0.6 is 0 Å². The Balaban J connectivity index is 0.000000980. The standard InChI is InChI=1S/C35H41N5O6.C2HF3O2/c1-6-44-32-19-27(12-14-31(32)46-23(3)4)34(40(36)30-13-11-28-20-37-16-15-26(28)18-30)35(43)39(22-33(42)45-7-2)21-25-9-8-10-29(17-25)38-24(5)41;3-2(4,5)1(6)7/h8-20,23,34H,6-7,21-22,36H2,1-5H3,(H,38,41);(H,6,7). The number of nitrogens with two attached hydrogens (primary N) is 1. The van der Waals surface area contributed by atoms with E-state index in [1.54, 1.807) is 55.7 Å². The Bertz CT molecular complexity index is 1890. The summed E-state index contributed by atoms with van der Waals surface area (Å²) >= 11 is 0. The van der Waals surface area contributed by atoms with Crippen molar-refractivity contribution in [3.05, 3.63) is 90.3 Å². The minimum atomic E-state index is -5.08. The molecule has 284 valence electrons. The number of esters is 1. The SMILES string of the molecule is CCOC(=O)CN(Cc1cccc(NC(C)=O)c1)C(=O)C(c1ccc(OC(C)C)c(OCC)c1)N(N)c1ccc2cnccc2c1.O=C(O)C(F)(F)F. The van der Waals surface area contributed by atoms with Gasteiger partial charge in [-0.1, -0.05) is 24.3 Å². The number of halogens is 3. The van der Waals surface area contributed by atoms with Gasteiger partial charge in [0.2, 0.25) is 5.91 Å². The van der Waals surface area contributed by atoms with Crippen LogP contribution in [0.3, 0.4) is 0 Å². The highest BCUT2D eigenvalue weighted by Crippen LogP contribution is 2.36. The van der Waals surface area contributed by atoms with Gasteiger partial charge in [0.1, 0.15) is 12.6 Å². The first kappa shape index (κ1) is 41.5. The fourth-order valence-corrected chi connectivity index (χ4v) is 5.04. The van der Waals surface area contributed by atoms with Crippen LogP contribution in [0.4, 0.5) is 24.5 Å². The number of hydrogen-bond donors (Lipinski definition) is 3. The third kappa shape index (κ3) is 12.4. The minimum Gasteiger partial charge on any atom is -0.490 e. The fraction of sp³-hybridized carbons (Fsp3) is 0.324. The number of carbonyl (C=O) groups excluding carboxylic acids is 3. The van der Waals surface area contributed by atoms with Crippen LogP contribution in [0.15, 0.2) is 79.1 Å². The molecule has 1 unspecified atom stereocenters. The van der Waals surface area contributed by atoms with Crippen molar-refractivity contribution in [2.45, 2.75) is 59.5 Å². The number of aromatic nitrogens is 1. The molecular formula is C37H42F3N5O8. The Morgan fingerprint density at radius 1 is 0.943 bits per heavy atom. The summed E-state index contributed by atoms with van der Waals surface area (Å²) in [6.07, 6.45) is -1.75. The van der Waals surface area contributed by atoms with Crippen molar-refractivity contribution in [1.82, 2.24) is 9.88 Å². The van der Waals surface area contributed by atoms with Gasteiger partial charge in [0.15, 0.2) is 11.5 Å². The molecule has 53 heavy (non-hydrogen) atoms. The number of carboxylic acids is 1. The molecule has 3 aromatic carbocycles. The average Bonchev–Trinajstić information content (AvgIpc) is 3.08. The lowest BCUT2D eigenvalue weighted by Crippen LogP contribution is -2.47. The number of nitrogens with zero attached hydrogens (tertiary/aromatic N) is 3. The molecule has 4 aromatic rings. The fourth-order valence-electron chi connectivity index (χ4n) is 5.04. The van der Waals surface area contributed by atoms with Gasteiger partial charge in [0.05, 0.1) is 25.0 Å². The molecule has 0 bridgehead atoms. The molecule has 0 aliphatic rings. The van der Waals surface area contributed by atoms with Gasteiger partial charge < -0.3 is 29.5 Å². The number of alkyl halides is 3. The van der Waals surface area contributed by atoms with E-state index in [9.17, 15) is 27.6 Å². The summed E-state index contributed by atoms with van der Waals surface area (Å²) in [5, 5.41) is 13.1. The minimum absolute atomic E-state index is 0.0473. The number of carbonyl (C=O) groups is 4. The van der Waals surface area contributed by atoms with E-state index in [4.69, 9.17) is 30.0 Å². The van der Waals surface area contributed by atoms with Crippen molar-refractivity contribution in [2.75, 3.05) is 30.1 Å². The van der Waals surface area contributed by atoms with Crippen LogP contribution in [0.2, 0.25) is 0 Å². The Hall–Kier alpha value is -5.90. The lowest BCUT2D eigenvalue weighted by Gasteiger charge is -2.34. The van der Waals surface area contributed by atoms with Crippen LogP contribution in [0, 0.1) is 0 Å². The van der Waals surface area contributed by atoms with E-state index < -0.39 is 30.1 Å². The maximum atomic E-state index is 14.7. The number of hydrazine groups is 1. The molecular weight excluding hydrogens is 699 g/mol. The summed E-state index contributed by atoms with van der Waals surface area (Å²) in [6.45, 7) is 9.08. The zero-order valence-corrected chi connectivity index (χ0v) is 29.8. The molecule has 1 aromatic heterocycles. The van der Waals surface area contributed by atoms with Crippen molar-refractivity contribution < 1.29 is 51.7 Å². The van der Waals surface area contributed by atoms with E-state index in [-0.39, 0.29) is 31.7 Å². The maximum absolute atomic E-state index is 14.7. The van der Waals surface area contributed by atoms with Crippen molar-refractivity contribution >= 4 is 45.9 Å². The second-order valence-electron chi connectivity index (χ2n) is 11.7. The smallest absolute Gasteiger partial charge is 0.490 e. The molecule has 16 heteroatoms. The predicted octanol–water partition coefficient (Wildman–Crippen LogP) is 6.03. The summed E-state index contributed by atoms with van der Waals surface area (Å²) in [7, 11) is 0. The second-order valence-corrected chi connectivity index (χ2v) is 11.7. The number of benzene rings is 3. The molecule has 2 amide bonds. The number of carboxylic acid groups (broad SMARTS) is 1. The Kier molecular flexibility index (Phi) is 14.9. The molecule has 4 rings (SSSR count). The Labute approximate surface area is 304 Å². The summed E-state index contributed by atoms with van der Waals surface area (Å²) in [4.78, 5) is 53.7. The van der Waals surface area contributed by atoms with Gasteiger partial charge in [-0.15, -0.1) is 0 Å². The molecule has 0 saturated carbocycles. The number of aliphatic carboxylic acids is 1. The summed E-state index contributed by atoms with van der Waals surface area (Å²) < 4.78 is 48.9. The van der Waals surface area contributed by atoms with Crippen LogP contribution in [0.5, 0.6) is 11.5 Å². The van der Waals surface area contributed by atoms with E-state index in [0.29, 0.717) is 40.6 Å². The topological polar surface area (TPSA) is 174 Å². The highest BCUT2D eigenvalue weighted by molar-refractivity contribution is 5.91. The molecule has 0 spiro atoms. The Morgan fingerprint density at radius 2 is 1.66 bits per heavy atom. The van der Waals surface area contributed by atoms with Gasteiger partial charge >= 0.3 is 18.1 Å². The van der Waals surface area contributed by atoms with Gasteiger partial charge in [0.25, 0.3) is 5.91 Å². The highest BCUT2D eigenvalue weighted by Gasteiger charge is 2.38. The number of amides is 2. The zero-order valence-electron chi connectivity index (χ0n) is 29.8. The molecule has 1 atom stereocenters. The van der Waals surface area contributed by atoms with Crippen LogP contribution in [-0.4, -0.2) is 70.8 Å². The lowest BCUT2D eigenvalue weighted by molar-refractivity contribution is -0.192. The second kappa shape index (κ2) is 19.1. The number of pyridine rings is 1. The first-order chi connectivity index (χ1) is 25.0. The maximum Gasteiger partial charge on any atom is 0.490 e.